The average molecular weight is 237 g/mol. The highest BCUT2D eigenvalue weighted by molar-refractivity contribution is 5.91. The zero-order valence-electron chi connectivity index (χ0n) is 9.88. The Morgan fingerprint density at radius 1 is 1.17 bits per heavy atom. The zero-order valence-corrected chi connectivity index (χ0v) is 9.88. The van der Waals surface area contributed by atoms with Crippen LogP contribution in [0.2, 0.25) is 0 Å². The number of esters is 1. The third kappa shape index (κ3) is 2.74. The molecule has 2 aromatic rings. The van der Waals surface area contributed by atoms with Crippen LogP contribution in [0, 0.1) is 18.3 Å². The summed E-state index contributed by atoms with van der Waals surface area (Å²) in [7, 11) is 0. The van der Waals surface area contributed by atoms with Crippen LogP contribution in [0.25, 0.3) is 0 Å². The van der Waals surface area contributed by atoms with Gasteiger partial charge in [-0.05, 0) is 42.8 Å². The van der Waals surface area contributed by atoms with Gasteiger partial charge in [0.2, 0.25) is 0 Å². The highest BCUT2D eigenvalue weighted by Crippen LogP contribution is 2.15. The largest absolute Gasteiger partial charge is 0.423 e. The lowest BCUT2D eigenvalue weighted by atomic mass is 10.1. The molecule has 0 aliphatic rings. The fourth-order valence-electron chi connectivity index (χ4n) is 1.56. The smallest absolute Gasteiger partial charge is 0.343 e. The third-order valence-electron chi connectivity index (χ3n) is 2.43. The summed E-state index contributed by atoms with van der Waals surface area (Å²) in [5.74, 6) is 0.0417. The quantitative estimate of drug-likeness (QED) is 0.595. The molecule has 0 aliphatic heterocycles. The van der Waals surface area contributed by atoms with E-state index in [0.717, 1.165) is 5.56 Å². The number of aryl methyl sites for hydroxylation is 1. The molecule has 0 amide bonds. The maximum atomic E-state index is 11.9. The molecule has 0 aromatic heterocycles. The summed E-state index contributed by atoms with van der Waals surface area (Å²) < 4.78 is 5.23. The van der Waals surface area contributed by atoms with Gasteiger partial charge in [-0.3, -0.25) is 0 Å². The lowest BCUT2D eigenvalue weighted by Gasteiger charge is -2.05. The minimum Gasteiger partial charge on any atom is -0.423 e. The molecule has 0 saturated heterocycles. The summed E-state index contributed by atoms with van der Waals surface area (Å²) in [4.78, 5) is 11.9. The summed E-state index contributed by atoms with van der Waals surface area (Å²) in [6, 6.07) is 15.7. The summed E-state index contributed by atoms with van der Waals surface area (Å²) in [5.41, 5.74) is 1.83. The first-order valence-corrected chi connectivity index (χ1v) is 5.48. The van der Waals surface area contributed by atoms with Gasteiger partial charge < -0.3 is 4.74 Å². The minimum atomic E-state index is -0.460. The van der Waals surface area contributed by atoms with Crippen molar-refractivity contribution >= 4 is 5.97 Å². The first kappa shape index (κ1) is 11.9. The molecular formula is C15H11NO2. The predicted octanol–water partition coefficient (Wildman–Crippen LogP) is 3.09. The monoisotopic (exact) mass is 237 g/mol. The summed E-state index contributed by atoms with van der Waals surface area (Å²) in [6.07, 6.45) is 0. The molecule has 18 heavy (non-hydrogen) atoms. The Labute approximate surface area is 105 Å². The Hall–Kier alpha value is -2.60. The highest BCUT2D eigenvalue weighted by atomic mass is 16.5. The zero-order chi connectivity index (χ0) is 13.0. The number of carbonyl (C=O) groups excluding carboxylic acids is 1. The Bertz CT molecular complexity index is 626. The van der Waals surface area contributed by atoms with E-state index in [9.17, 15) is 4.79 Å². The van der Waals surface area contributed by atoms with Crippen LogP contribution in [0.4, 0.5) is 0 Å². The molecule has 0 spiro atoms. The number of nitriles is 1. The van der Waals surface area contributed by atoms with Crippen molar-refractivity contribution < 1.29 is 9.53 Å². The minimum absolute atomic E-state index is 0.371. The molecule has 0 fully saturated rings. The second-order valence-corrected chi connectivity index (χ2v) is 3.90. The molecule has 0 bridgehead atoms. The van der Waals surface area contributed by atoms with E-state index in [4.69, 9.17) is 10.00 Å². The normalized spacial score (nSPS) is 9.56. The van der Waals surface area contributed by atoms with Crippen LogP contribution in [0.1, 0.15) is 21.5 Å². The van der Waals surface area contributed by atoms with Gasteiger partial charge in [-0.2, -0.15) is 5.26 Å². The fourth-order valence-corrected chi connectivity index (χ4v) is 1.56. The van der Waals surface area contributed by atoms with Crippen molar-refractivity contribution in [2.45, 2.75) is 6.92 Å². The van der Waals surface area contributed by atoms with Crippen LogP contribution >= 0.6 is 0 Å². The summed E-state index contributed by atoms with van der Waals surface area (Å²) in [6.45, 7) is 1.92. The molecule has 0 unspecified atom stereocenters. The molecule has 0 N–H and O–H groups in total. The first-order chi connectivity index (χ1) is 8.69. The van der Waals surface area contributed by atoms with Crippen LogP contribution in [-0.4, -0.2) is 5.97 Å². The number of rotatable bonds is 2. The number of benzene rings is 2. The van der Waals surface area contributed by atoms with Gasteiger partial charge in [0.1, 0.15) is 5.75 Å². The van der Waals surface area contributed by atoms with Crippen molar-refractivity contribution in [1.29, 1.82) is 5.26 Å². The SMILES string of the molecule is Cc1cccc(OC(=O)c2cccc(C#N)c2)c1. The van der Waals surface area contributed by atoms with E-state index in [-0.39, 0.29) is 0 Å². The second kappa shape index (κ2) is 5.15. The van der Waals surface area contributed by atoms with Gasteiger partial charge in [-0.15, -0.1) is 0 Å². The Kier molecular flexibility index (Phi) is 3.40. The van der Waals surface area contributed by atoms with Crippen LogP contribution in [0.15, 0.2) is 48.5 Å². The number of hydrogen-bond acceptors (Lipinski definition) is 3. The lowest BCUT2D eigenvalue weighted by molar-refractivity contribution is 0.0734. The van der Waals surface area contributed by atoms with Gasteiger partial charge in [-0.1, -0.05) is 18.2 Å². The molecule has 3 heteroatoms. The van der Waals surface area contributed by atoms with Crippen LogP contribution < -0.4 is 4.74 Å². The first-order valence-electron chi connectivity index (χ1n) is 5.48. The van der Waals surface area contributed by atoms with E-state index in [0.29, 0.717) is 16.9 Å². The van der Waals surface area contributed by atoms with Crippen LogP contribution in [-0.2, 0) is 0 Å². The number of carbonyl (C=O) groups is 1. The summed E-state index contributed by atoms with van der Waals surface area (Å²) in [5, 5.41) is 8.77. The van der Waals surface area contributed by atoms with Crippen molar-refractivity contribution in [2.24, 2.45) is 0 Å². The molecule has 0 aliphatic carbocycles. The van der Waals surface area contributed by atoms with E-state index in [1.807, 2.05) is 25.1 Å². The Morgan fingerprint density at radius 2 is 1.94 bits per heavy atom. The molecule has 3 nitrogen and oxygen atoms in total. The Balaban J connectivity index is 2.20. The summed E-state index contributed by atoms with van der Waals surface area (Å²) >= 11 is 0. The average Bonchev–Trinajstić information content (AvgIpc) is 2.39. The van der Waals surface area contributed by atoms with Gasteiger partial charge >= 0.3 is 5.97 Å². The topological polar surface area (TPSA) is 50.1 Å². The van der Waals surface area contributed by atoms with E-state index in [1.165, 1.54) is 6.07 Å². The van der Waals surface area contributed by atoms with Crippen LogP contribution in [0.5, 0.6) is 5.75 Å². The van der Waals surface area contributed by atoms with Gasteiger partial charge in [0.15, 0.2) is 0 Å². The standard InChI is InChI=1S/C15H11NO2/c1-11-4-2-7-14(8-11)18-15(17)13-6-3-5-12(9-13)10-16/h2-9H,1H3. The predicted molar refractivity (Wildman–Crippen MR) is 67.3 cm³/mol. The van der Waals surface area contributed by atoms with Crippen molar-refractivity contribution in [3.05, 3.63) is 65.2 Å². The van der Waals surface area contributed by atoms with Crippen molar-refractivity contribution in [2.75, 3.05) is 0 Å². The fraction of sp³-hybridized carbons (Fsp3) is 0.0667. The van der Waals surface area contributed by atoms with E-state index in [2.05, 4.69) is 0 Å². The van der Waals surface area contributed by atoms with Gasteiger partial charge in [0.25, 0.3) is 0 Å². The molecule has 0 heterocycles. The number of nitrogens with zero attached hydrogens (tertiary/aromatic N) is 1. The molecule has 2 aromatic carbocycles. The van der Waals surface area contributed by atoms with Gasteiger partial charge in [0.05, 0.1) is 17.2 Å². The molecular weight excluding hydrogens is 226 g/mol. The molecule has 0 radical (unpaired) electrons. The number of ether oxygens (including phenoxy) is 1. The highest BCUT2D eigenvalue weighted by Gasteiger charge is 2.09. The molecule has 88 valence electrons. The molecule has 0 saturated carbocycles. The maximum Gasteiger partial charge on any atom is 0.343 e. The maximum absolute atomic E-state index is 11.9. The molecule has 2 rings (SSSR count). The van der Waals surface area contributed by atoms with E-state index < -0.39 is 5.97 Å². The third-order valence-corrected chi connectivity index (χ3v) is 2.43. The molecule has 0 atom stereocenters. The van der Waals surface area contributed by atoms with Gasteiger partial charge in [0, 0.05) is 0 Å². The number of hydrogen-bond donors (Lipinski definition) is 0. The van der Waals surface area contributed by atoms with E-state index in [1.54, 1.807) is 30.3 Å². The van der Waals surface area contributed by atoms with Crippen molar-refractivity contribution in [1.82, 2.24) is 0 Å². The lowest BCUT2D eigenvalue weighted by Crippen LogP contribution is -2.08. The van der Waals surface area contributed by atoms with Crippen LogP contribution in [0.3, 0.4) is 0 Å². The van der Waals surface area contributed by atoms with Gasteiger partial charge in [-0.25, -0.2) is 4.79 Å². The Morgan fingerprint density at radius 3 is 2.67 bits per heavy atom. The van der Waals surface area contributed by atoms with Crippen molar-refractivity contribution in [3.63, 3.8) is 0 Å². The van der Waals surface area contributed by atoms with Crippen molar-refractivity contribution in [3.8, 4) is 11.8 Å². The second-order valence-electron chi connectivity index (χ2n) is 3.90. The van der Waals surface area contributed by atoms with E-state index >= 15 is 0 Å².